The lowest BCUT2D eigenvalue weighted by molar-refractivity contribution is -0.128. The Kier molecular flexibility index (Phi) is 7.95. The van der Waals surface area contributed by atoms with Gasteiger partial charge in [-0.1, -0.05) is 6.92 Å². The fourth-order valence-electron chi connectivity index (χ4n) is 7.29. The Labute approximate surface area is 269 Å². The smallest absolute Gasteiger partial charge is 0.255 e. The number of likely N-dealkylation sites (tertiary alicyclic amines) is 1. The zero-order valence-corrected chi connectivity index (χ0v) is 26.3. The van der Waals surface area contributed by atoms with Crippen molar-refractivity contribution in [2.45, 2.75) is 44.8 Å². The normalized spacial score (nSPS) is 22.9. The van der Waals surface area contributed by atoms with Crippen molar-refractivity contribution in [1.29, 1.82) is 0 Å². The van der Waals surface area contributed by atoms with E-state index in [0.717, 1.165) is 12.5 Å². The molecule has 1 amide bonds. The molecule has 2 aromatic carbocycles. The second-order valence-electron chi connectivity index (χ2n) is 12.5. The van der Waals surface area contributed by atoms with Crippen LogP contribution in [0.15, 0.2) is 59.5 Å². The third kappa shape index (κ3) is 5.41. The van der Waals surface area contributed by atoms with E-state index in [1.165, 1.54) is 32.7 Å². The minimum atomic E-state index is -1.27. The molecule has 3 aromatic rings. The van der Waals surface area contributed by atoms with Crippen LogP contribution < -0.4 is 19.5 Å². The highest BCUT2D eigenvalue weighted by atomic mass is 19.1. The minimum absolute atomic E-state index is 0.0179. The lowest BCUT2D eigenvalue weighted by Gasteiger charge is -2.43. The predicted molar refractivity (Wildman–Crippen MR) is 167 cm³/mol. The monoisotopic (exact) mass is 647 g/mol. The number of allylic oxidation sites excluding steroid dienone is 3. The van der Waals surface area contributed by atoms with Crippen LogP contribution in [0.2, 0.25) is 0 Å². The number of halogens is 2. The van der Waals surface area contributed by atoms with E-state index in [4.69, 9.17) is 14.2 Å². The standard InChI is InChI=1S/C34H35F2N5O6/c1-17-10-18-11-24(40-8-6-20(42)7-9-40)29(36)28-30(18)41(15-17)31(32(28)43)33(44)39-19-4-5-25(22(35)12-19)47-34-21-13-26(45-2)27(46-3)14-23(21)37-16-38-34/h4-5,12-14,16-18,20,31,42H,6-11,15H2,1-3H3,(H,39,44). The van der Waals surface area contributed by atoms with E-state index in [-0.39, 0.29) is 34.7 Å². The van der Waals surface area contributed by atoms with E-state index >= 15 is 8.78 Å². The first-order chi connectivity index (χ1) is 22.7. The van der Waals surface area contributed by atoms with Crippen LogP contribution in [0.25, 0.3) is 10.9 Å². The highest BCUT2D eigenvalue weighted by Gasteiger charge is 2.52. The first kappa shape index (κ1) is 30.9. The second kappa shape index (κ2) is 12.1. The molecule has 4 heterocycles. The van der Waals surface area contributed by atoms with Gasteiger partial charge in [-0.25, -0.2) is 18.7 Å². The molecule has 7 rings (SSSR count). The number of ether oxygens (including phenoxy) is 3. The van der Waals surface area contributed by atoms with Gasteiger partial charge in [0.25, 0.3) is 5.91 Å². The number of aromatic nitrogens is 2. The molecule has 3 aliphatic heterocycles. The first-order valence-electron chi connectivity index (χ1n) is 15.7. The third-order valence-electron chi connectivity index (χ3n) is 9.47. The molecule has 13 heteroatoms. The molecule has 3 unspecified atom stereocenters. The number of amides is 1. The van der Waals surface area contributed by atoms with Crippen LogP contribution in [0.4, 0.5) is 14.5 Å². The molecule has 0 bridgehead atoms. The maximum absolute atomic E-state index is 16.1. The number of aliphatic hydroxyl groups is 1. The summed E-state index contributed by atoms with van der Waals surface area (Å²) in [5.41, 5.74) is 1.66. The fraction of sp³-hybridized carbons (Fsp3) is 0.412. The molecule has 4 aliphatic rings. The van der Waals surface area contributed by atoms with Gasteiger partial charge in [0.1, 0.15) is 6.33 Å². The lowest BCUT2D eigenvalue weighted by atomic mass is 9.80. The molecular weight excluding hydrogens is 612 g/mol. The average Bonchev–Trinajstić information content (AvgIpc) is 3.35. The largest absolute Gasteiger partial charge is 0.493 e. The number of ketones is 1. The molecule has 3 atom stereocenters. The Hall–Kier alpha value is -4.78. The number of hydrogen-bond donors (Lipinski definition) is 2. The van der Waals surface area contributed by atoms with E-state index in [1.807, 2.05) is 4.90 Å². The van der Waals surface area contributed by atoms with Crippen LogP contribution >= 0.6 is 0 Å². The van der Waals surface area contributed by atoms with Crippen LogP contribution in [0.1, 0.15) is 32.6 Å². The fourth-order valence-corrected chi connectivity index (χ4v) is 7.29. The summed E-state index contributed by atoms with van der Waals surface area (Å²) in [7, 11) is 2.99. The molecule has 246 valence electrons. The number of nitrogens with zero attached hydrogens (tertiary/aromatic N) is 4. The van der Waals surface area contributed by atoms with Crippen molar-refractivity contribution in [3.63, 3.8) is 0 Å². The number of benzene rings is 2. The first-order valence-corrected chi connectivity index (χ1v) is 15.7. The van der Waals surface area contributed by atoms with Gasteiger partial charge in [-0.2, -0.15) is 0 Å². The van der Waals surface area contributed by atoms with Crippen molar-refractivity contribution >= 4 is 28.3 Å². The number of aliphatic hydroxyl groups excluding tert-OH is 1. The Morgan fingerprint density at radius 3 is 2.51 bits per heavy atom. The molecule has 2 saturated heterocycles. The minimum Gasteiger partial charge on any atom is -0.493 e. The predicted octanol–water partition coefficient (Wildman–Crippen LogP) is 4.72. The number of anilines is 1. The van der Waals surface area contributed by atoms with E-state index in [1.54, 1.807) is 17.0 Å². The average molecular weight is 648 g/mol. The van der Waals surface area contributed by atoms with Gasteiger partial charge in [0.15, 0.2) is 40.7 Å². The molecule has 11 nitrogen and oxygen atoms in total. The van der Waals surface area contributed by atoms with E-state index in [9.17, 15) is 14.7 Å². The van der Waals surface area contributed by atoms with Crippen molar-refractivity contribution in [2.24, 2.45) is 11.8 Å². The van der Waals surface area contributed by atoms with Gasteiger partial charge in [0.05, 0.1) is 42.5 Å². The number of hydrogen-bond acceptors (Lipinski definition) is 10. The molecule has 0 saturated carbocycles. The third-order valence-corrected chi connectivity index (χ3v) is 9.47. The summed E-state index contributed by atoms with van der Waals surface area (Å²) in [6, 6.07) is 5.92. The van der Waals surface area contributed by atoms with Crippen molar-refractivity contribution < 1.29 is 37.7 Å². The molecule has 1 aliphatic carbocycles. The Bertz CT molecular complexity index is 1840. The molecular formula is C34H35F2N5O6. The molecule has 2 fully saturated rings. The number of carbonyl (C=O) groups is 2. The van der Waals surface area contributed by atoms with E-state index in [2.05, 4.69) is 22.2 Å². The van der Waals surface area contributed by atoms with Crippen LogP contribution in [-0.4, -0.2) is 82.6 Å². The van der Waals surface area contributed by atoms with Crippen LogP contribution in [0.3, 0.4) is 0 Å². The zero-order chi connectivity index (χ0) is 33.0. The van der Waals surface area contributed by atoms with Crippen LogP contribution in [0.5, 0.6) is 23.1 Å². The van der Waals surface area contributed by atoms with Gasteiger partial charge in [-0.3, -0.25) is 9.59 Å². The molecule has 0 spiro atoms. The van der Waals surface area contributed by atoms with Gasteiger partial charge in [0.2, 0.25) is 5.88 Å². The summed E-state index contributed by atoms with van der Waals surface area (Å²) in [6.45, 7) is 3.51. The van der Waals surface area contributed by atoms with Crippen LogP contribution in [0, 0.1) is 17.7 Å². The summed E-state index contributed by atoms with van der Waals surface area (Å²) < 4.78 is 48.0. The topological polar surface area (TPSA) is 126 Å². The van der Waals surface area contributed by atoms with Crippen molar-refractivity contribution in [3.05, 3.63) is 65.3 Å². The number of nitrogens with one attached hydrogen (secondary N) is 1. The van der Waals surface area contributed by atoms with E-state index in [0.29, 0.717) is 72.7 Å². The number of fused-ring (bicyclic) bond motifs is 1. The summed E-state index contributed by atoms with van der Waals surface area (Å²) in [4.78, 5) is 39.5. The SMILES string of the molecule is COc1cc2ncnc(Oc3ccc(NC(=O)C4C(=O)C5=C6C(CC(N7CCC(O)CC7)=C5F)CC(C)CN64)cc3F)c2cc1OC. The van der Waals surface area contributed by atoms with Gasteiger partial charge < -0.3 is 34.4 Å². The van der Waals surface area contributed by atoms with Crippen LogP contribution in [-0.2, 0) is 9.59 Å². The second-order valence-corrected chi connectivity index (χ2v) is 12.5. The van der Waals surface area contributed by atoms with Crippen molar-refractivity contribution in [2.75, 3.05) is 39.2 Å². The highest BCUT2D eigenvalue weighted by Crippen LogP contribution is 2.49. The lowest BCUT2D eigenvalue weighted by Crippen LogP contribution is -2.49. The molecule has 1 aromatic heterocycles. The van der Waals surface area contributed by atoms with Gasteiger partial charge in [0, 0.05) is 49.1 Å². The summed E-state index contributed by atoms with van der Waals surface area (Å²) >= 11 is 0. The van der Waals surface area contributed by atoms with Gasteiger partial charge in [-0.15, -0.1) is 0 Å². The molecule has 0 radical (unpaired) electrons. The molecule has 47 heavy (non-hydrogen) atoms. The van der Waals surface area contributed by atoms with Crippen molar-refractivity contribution in [1.82, 2.24) is 19.8 Å². The Balaban J connectivity index is 1.12. The van der Waals surface area contributed by atoms with Crippen molar-refractivity contribution in [3.8, 4) is 23.1 Å². The quantitative estimate of drug-likeness (QED) is 0.348. The number of methoxy groups -OCH3 is 2. The molecule has 2 N–H and O–H groups in total. The maximum Gasteiger partial charge on any atom is 0.255 e. The Morgan fingerprint density at radius 1 is 1.04 bits per heavy atom. The number of rotatable bonds is 7. The highest BCUT2D eigenvalue weighted by molar-refractivity contribution is 6.20. The number of piperidine rings is 2. The summed E-state index contributed by atoms with van der Waals surface area (Å²) in [5, 5.41) is 13.1. The maximum atomic E-state index is 16.1. The van der Waals surface area contributed by atoms with Gasteiger partial charge in [-0.05, 0) is 49.8 Å². The number of carbonyl (C=O) groups excluding carboxylic acids is 2. The van der Waals surface area contributed by atoms with Gasteiger partial charge >= 0.3 is 0 Å². The number of Topliss-reactive ketones (excluding diaryl/α,β-unsaturated/α-hetero) is 1. The Morgan fingerprint density at radius 2 is 1.79 bits per heavy atom. The summed E-state index contributed by atoms with van der Waals surface area (Å²) in [6.07, 6.45) is 3.16. The summed E-state index contributed by atoms with van der Waals surface area (Å²) in [5.74, 6) is -1.71. The zero-order valence-electron chi connectivity index (χ0n) is 26.3. The van der Waals surface area contributed by atoms with E-state index < -0.39 is 35.5 Å².